The molecule has 0 aliphatic carbocycles. The Morgan fingerprint density at radius 3 is 2.36 bits per heavy atom. The molecule has 0 radical (unpaired) electrons. The predicted octanol–water partition coefficient (Wildman–Crippen LogP) is 4.37. The fourth-order valence-electron chi connectivity index (χ4n) is 3.47. The summed E-state index contributed by atoms with van der Waals surface area (Å²) in [6.07, 6.45) is -6.63. The maximum absolute atomic E-state index is 15.1. The third-order valence-corrected chi connectivity index (χ3v) is 6.69. The van der Waals surface area contributed by atoms with Crippen LogP contribution in [0.4, 0.5) is 30.7 Å². The largest absolute Gasteiger partial charge is 0.497 e. The zero-order chi connectivity index (χ0) is 24.6. The molecule has 1 aromatic heterocycles. The molecule has 180 valence electrons. The van der Waals surface area contributed by atoms with Crippen LogP contribution < -0.4 is 0 Å². The molecular weight excluding hydrogens is 481 g/mol. The van der Waals surface area contributed by atoms with Crippen LogP contribution in [0.1, 0.15) is 40.5 Å². The third kappa shape index (κ3) is 5.45. The van der Waals surface area contributed by atoms with Crippen molar-refractivity contribution in [1.82, 2.24) is 9.88 Å². The summed E-state index contributed by atoms with van der Waals surface area (Å²) in [7, 11) is -5.43. The number of amides is 1. The summed E-state index contributed by atoms with van der Waals surface area (Å²) in [5, 5.41) is 0. The standard InChI is InChI=1S/C20H17F7N2O3S/c21-18(16-5-4-13(10-28-16)19(22,23)24)15-3-1-2-12-11-29(8-6-14(12)15)17(30)7-9-33(31,32)20(25,26)27/h1-5,10,18H,6-9,11H2. The van der Waals surface area contributed by atoms with Crippen molar-refractivity contribution in [2.45, 2.75) is 37.2 Å². The SMILES string of the molecule is O=C(CCS(=O)(=O)C(F)(F)F)N1CCc2c(cccc2C(F)c2ccc(C(F)(F)F)cn2)C1. The summed E-state index contributed by atoms with van der Waals surface area (Å²) in [5.74, 6) is -2.16. The van der Waals surface area contributed by atoms with Crippen molar-refractivity contribution in [2.75, 3.05) is 12.3 Å². The van der Waals surface area contributed by atoms with Gasteiger partial charge in [0.1, 0.15) is 0 Å². The van der Waals surface area contributed by atoms with Crippen LogP contribution >= 0.6 is 0 Å². The number of sulfone groups is 1. The zero-order valence-corrected chi connectivity index (χ0v) is 17.6. The lowest BCUT2D eigenvalue weighted by Crippen LogP contribution is -2.38. The van der Waals surface area contributed by atoms with Crippen molar-refractivity contribution in [1.29, 1.82) is 0 Å². The molecule has 0 bridgehead atoms. The van der Waals surface area contributed by atoms with Gasteiger partial charge in [-0.05, 0) is 35.2 Å². The van der Waals surface area contributed by atoms with Crippen LogP contribution in [0.15, 0.2) is 36.5 Å². The molecule has 1 atom stereocenters. The molecule has 1 aliphatic heterocycles. The normalized spacial score (nSPS) is 15.8. The first-order chi connectivity index (χ1) is 15.2. The van der Waals surface area contributed by atoms with Crippen LogP contribution in [-0.4, -0.2) is 42.0 Å². The predicted molar refractivity (Wildman–Crippen MR) is 102 cm³/mol. The quantitative estimate of drug-likeness (QED) is 0.575. The monoisotopic (exact) mass is 498 g/mol. The maximum atomic E-state index is 15.1. The van der Waals surface area contributed by atoms with Crippen LogP contribution in [0.5, 0.6) is 0 Å². The number of pyridine rings is 1. The molecule has 1 aromatic carbocycles. The lowest BCUT2D eigenvalue weighted by atomic mass is 9.91. The van der Waals surface area contributed by atoms with Gasteiger partial charge in [0.05, 0.1) is 17.0 Å². The van der Waals surface area contributed by atoms with Crippen molar-refractivity contribution in [3.05, 3.63) is 64.5 Å². The summed E-state index contributed by atoms with van der Waals surface area (Å²) < 4.78 is 113. The van der Waals surface area contributed by atoms with E-state index < -0.39 is 51.3 Å². The molecule has 3 rings (SSSR count). The molecule has 1 amide bonds. The van der Waals surface area contributed by atoms with Crippen LogP contribution in [0.2, 0.25) is 0 Å². The first kappa shape index (κ1) is 24.9. The Morgan fingerprint density at radius 1 is 1.09 bits per heavy atom. The van der Waals surface area contributed by atoms with E-state index in [0.29, 0.717) is 17.3 Å². The molecule has 1 aliphatic rings. The molecule has 2 aromatic rings. The molecule has 0 N–H and O–H groups in total. The molecule has 2 heterocycles. The minimum Gasteiger partial charge on any atom is -0.338 e. The van der Waals surface area contributed by atoms with E-state index in [1.54, 1.807) is 6.07 Å². The summed E-state index contributed by atoms with van der Waals surface area (Å²) >= 11 is 0. The molecule has 0 spiro atoms. The number of hydrogen-bond acceptors (Lipinski definition) is 4. The number of fused-ring (bicyclic) bond motifs is 1. The van der Waals surface area contributed by atoms with E-state index in [4.69, 9.17) is 0 Å². The second kappa shape index (κ2) is 8.92. The Morgan fingerprint density at radius 2 is 1.79 bits per heavy atom. The summed E-state index contributed by atoms with van der Waals surface area (Å²) in [6.45, 7) is -0.0523. The van der Waals surface area contributed by atoms with Crippen molar-refractivity contribution >= 4 is 15.7 Å². The Bertz CT molecular complexity index is 1130. The Hall–Kier alpha value is -2.70. The fourth-order valence-corrected chi connectivity index (χ4v) is 4.14. The number of rotatable bonds is 5. The highest BCUT2D eigenvalue weighted by Crippen LogP contribution is 2.34. The maximum Gasteiger partial charge on any atom is 0.497 e. The molecule has 0 saturated carbocycles. The van der Waals surface area contributed by atoms with Crippen LogP contribution in [0, 0.1) is 0 Å². The highest BCUT2D eigenvalue weighted by Gasteiger charge is 2.45. The summed E-state index contributed by atoms with van der Waals surface area (Å²) in [4.78, 5) is 17.0. The van der Waals surface area contributed by atoms with Gasteiger partial charge in [-0.15, -0.1) is 0 Å². The lowest BCUT2D eigenvalue weighted by molar-refractivity contribution is -0.138. The van der Waals surface area contributed by atoms with E-state index in [1.807, 2.05) is 0 Å². The van der Waals surface area contributed by atoms with Gasteiger partial charge in [0.15, 0.2) is 6.17 Å². The smallest absolute Gasteiger partial charge is 0.338 e. The van der Waals surface area contributed by atoms with Gasteiger partial charge in [-0.1, -0.05) is 18.2 Å². The van der Waals surface area contributed by atoms with Crippen molar-refractivity contribution in [3.8, 4) is 0 Å². The highest BCUT2D eigenvalue weighted by molar-refractivity contribution is 7.92. The number of halogens is 7. The Balaban J connectivity index is 1.74. The van der Waals surface area contributed by atoms with Crippen molar-refractivity contribution < 1.29 is 43.9 Å². The van der Waals surface area contributed by atoms with E-state index in [-0.39, 0.29) is 30.8 Å². The molecule has 13 heteroatoms. The van der Waals surface area contributed by atoms with Gasteiger partial charge in [0.25, 0.3) is 0 Å². The van der Waals surface area contributed by atoms with E-state index in [0.717, 1.165) is 12.1 Å². The van der Waals surface area contributed by atoms with E-state index in [1.165, 1.54) is 17.0 Å². The number of hydrogen-bond donors (Lipinski definition) is 0. The minimum atomic E-state index is -5.45. The average Bonchev–Trinajstić information content (AvgIpc) is 2.75. The fraction of sp³-hybridized carbons (Fsp3) is 0.400. The summed E-state index contributed by atoms with van der Waals surface area (Å²) in [6, 6.07) is 6.16. The second-order valence-electron chi connectivity index (χ2n) is 7.40. The second-order valence-corrected chi connectivity index (χ2v) is 9.50. The van der Waals surface area contributed by atoms with E-state index in [2.05, 4.69) is 4.98 Å². The lowest BCUT2D eigenvalue weighted by Gasteiger charge is -2.31. The van der Waals surface area contributed by atoms with Gasteiger partial charge in [-0.3, -0.25) is 9.78 Å². The first-order valence-corrected chi connectivity index (χ1v) is 11.2. The molecule has 0 fully saturated rings. The topological polar surface area (TPSA) is 67.3 Å². The van der Waals surface area contributed by atoms with Gasteiger partial charge >= 0.3 is 11.7 Å². The number of nitrogens with zero attached hydrogens (tertiary/aromatic N) is 2. The third-order valence-electron chi connectivity index (χ3n) is 5.24. The Kier molecular flexibility index (Phi) is 6.74. The number of carbonyl (C=O) groups excluding carboxylic acids is 1. The molecule has 33 heavy (non-hydrogen) atoms. The summed E-state index contributed by atoms with van der Waals surface area (Å²) in [5.41, 5.74) is -5.52. The molecular formula is C20H17F7N2O3S. The number of benzene rings is 1. The van der Waals surface area contributed by atoms with Gasteiger partial charge in [0, 0.05) is 25.7 Å². The molecule has 0 saturated heterocycles. The van der Waals surface area contributed by atoms with Gasteiger partial charge in [-0.25, -0.2) is 12.8 Å². The van der Waals surface area contributed by atoms with Gasteiger partial charge in [-0.2, -0.15) is 26.3 Å². The van der Waals surface area contributed by atoms with Crippen LogP contribution in [0.25, 0.3) is 0 Å². The molecule has 5 nitrogen and oxygen atoms in total. The molecule has 1 unspecified atom stereocenters. The van der Waals surface area contributed by atoms with E-state index >= 15 is 4.39 Å². The highest BCUT2D eigenvalue weighted by atomic mass is 32.2. The van der Waals surface area contributed by atoms with Crippen molar-refractivity contribution in [3.63, 3.8) is 0 Å². The van der Waals surface area contributed by atoms with Crippen LogP contribution in [0.3, 0.4) is 0 Å². The number of aromatic nitrogens is 1. The minimum absolute atomic E-state index is 0.0159. The first-order valence-electron chi connectivity index (χ1n) is 9.55. The van der Waals surface area contributed by atoms with Crippen molar-refractivity contribution in [2.24, 2.45) is 0 Å². The zero-order valence-electron chi connectivity index (χ0n) is 16.8. The van der Waals surface area contributed by atoms with Gasteiger partial charge < -0.3 is 4.90 Å². The average molecular weight is 498 g/mol. The van der Waals surface area contributed by atoms with Gasteiger partial charge in [0.2, 0.25) is 15.7 Å². The number of alkyl halides is 7. The van der Waals surface area contributed by atoms with E-state index in [9.17, 15) is 39.6 Å². The number of carbonyl (C=O) groups is 1. The van der Waals surface area contributed by atoms with Crippen LogP contribution in [-0.2, 0) is 33.8 Å². The Labute approximate surface area is 184 Å².